The molecular weight excluding hydrogens is 198 g/mol. The molecular formula is C14H21NO. The Hall–Kier alpha value is -1.02. The second-order valence-electron chi connectivity index (χ2n) is 4.82. The highest BCUT2D eigenvalue weighted by Gasteiger charge is 2.15. The van der Waals surface area contributed by atoms with E-state index in [1.807, 2.05) is 6.07 Å². The van der Waals surface area contributed by atoms with Crippen LogP contribution in [-0.2, 0) is 6.54 Å². The van der Waals surface area contributed by atoms with Gasteiger partial charge in [-0.15, -0.1) is 0 Å². The summed E-state index contributed by atoms with van der Waals surface area (Å²) in [6.07, 6.45) is 4.30. The molecule has 16 heavy (non-hydrogen) atoms. The van der Waals surface area contributed by atoms with Gasteiger partial charge in [-0.05, 0) is 44.4 Å². The molecule has 1 N–H and O–H groups in total. The Balaban J connectivity index is 1.87. The summed E-state index contributed by atoms with van der Waals surface area (Å²) in [5, 5.41) is 3.56. The SMILES string of the molecule is CC(C)Oc1cccc(CNC2CCC2)c1. The third kappa shape index (κ3) is 3.24. The lowest BCUT2D eigenvalue weighted by Gasteiger charge is -2.26. The molecule has 0 heterocycles. The molecule has 1 aliphatic rings. The van der Waals surface area contributed by atoms with Crippen LogP contribution >= 0.6 is 0 Å². The molecule has 1 aromatic carbocycles. The van der Waals surface area contributed by atoms with E-state index in [1.54, 1.807) is 0 Å². The maximum absolute atomic E-state index is 5.67. The van der Waals surface area contributed by atoms with Crippen LogP contribution in [0.25, 0.3) is 0 Å². The highest BCUT2D eigenvalue weighted by molar-refractivity contribution is 5.28. The largest absolute Gasteiger partial charge is 0.491 e. The highest BCUT2D eigenvalue weighted by Crippen LogP contribution is 2.19. The van der Waals surface area contributed by atoms with E-state index in [2.05, 4.69) is 37.4 Å². The fourth-order valence-electron chi connectivity index (χ4n) is 1.88. The van der Waals surface area contributed by atoms with Crippen LogP contribution in [0.2, 0.25) is 0 Å². The van der Waals surface area contributed by atoms with Crippen molar-refractivity contribution in [3.8, 4) is 5.75 Å². The Labute approximate surface area is 98.0 Å². The van der Waals surface area contributed by atoms with Gasteiger partial charge in [0.2, 0.25) is 0 Å². The minimum absolute atomic E-state index is 0.245. The summed E-state index contributed by atoms with van der Waals surface area (Å²) in [6.45, 7) is 5.07. The van der Waals surface area contributed by atoms with Gasteiger partial charge in [-0.25, -0.2) is 0 Å². The molecule has 0 amide bonds. The molecule has 1 aliphatic carbocycles. The molecule has 1 fully saturated rings. The molecule has 88 valence electrons. The van der Waals surface area contributed by atoms with Gasteiger partial charge in [-0.3, -0.25) is 0 Å². The summed E-state index contributed by atoms with van der Waals surface area (Å²) >= 11 is 0. The Kier molecular flexibility index (Phi) is 3.83. The highest BCUT2D eigenvalue weighted by atomic mass is 16.5. The molecule has 0 aromatic heterocycles. The zero-order valence-corrected chi connectivity index (χ0v) is 10.2. The smallest absolute Gasteiger partial charge is 0.120 e. The van der Waals surface area contributed by atoms with Gasteiger partial charge in [-0.1, -0.05) is 18.6 Å². The lowest BCUT2D eigenvalue weighted by molar-refractivity contribution is 0.242. The summed E-state index contributed by atoms with van der Waals surface area (Å²) in [5.74, 6) is 0.975. The van der Waals surface area contributed by atoms with E-state index in [1.165, 1.54) is 24.8 Å². The topological polar surface area (TPSA) is 21.3 Å². The second kappa shape index (κ2) is 5.35. The lowest BCUT2D eigenvalue weighted by atomic mass is 9.93. The average Bonchev–Trinajstić information content (AvgIpc) is 2.14. The number of hydrogen-bond donors (Lipinski definition) is 1. The molecule has 1 aromatic rings. The van der Waals surface area contributed by atoms with Crippen LogP contribution in [0.5, 0.6) is 5.75 Å². The van der Waals surface area contributed by atoms with Crippen molar-refractivity contribution in [1.82, 2.24) is 5.32 Å². The van der Waals surface area contributed by atoms with Crippen LogP contribution in [0.15, 0.2) is 24.3 Å². The molecule has 2 nitrogen and oxygen atoms in total. The molecule has 1 saturated carbocycles. The normalized spacial score (nSPS) is 16.2. The number of hydrogen-bond acceptors (Lipinski definition) is 2. The van der Waals surface area contributed by atoms with Crippen molar-refractivity contribution in [3.63, 3.8) is 0 Å². The van der Waals surface area contributed by atoms with Crippen LogP contribution in [0.3, 0.4) is 0 Å². The van der Waals surface area contributed by atoms with E-state index in [-0.39, 0.29) is 6.10 Å². The second-order valence-corrected chi connectivity index (χ2v) is 4.82. The Morgan fingerprint density at radius 2 is 2.19 bits per heavy atom. The summed E-state index contributed by atoms with van der Waals surface area (Å²) in [4.78, 5) is 0. The van der Waals surface area contributed by atoms with E-state index in [0.29, 0.717) is 0 Å². The molecule has 0 atom stereocenters. The summed E-state index contributed by atoms with van der Waals surface area (Å²) in [6, 6.07) is 9.11. The monoisotopic (exact) mass is 219 g/mol. The van der Waals surface area contributed by atoms with Crippen LogP contribution in [0.1, 0.15) is 38.7 Å². The number of nitrogens with one attached hydrogen (secondary N) is 1. The van der Waals surface area contributed by atoms with E-state index in [0.717, 1.165) is 18.3 Å². The van der Waals surface area contributed by atoms with Gasteiger partial charge in [0.15, 0.2) is 0 Å². The van der Waals surface area contributed by atoms with Crippen molar-refractivity contribution < 1.29 is 4.74 Å². The number of rotatable bonds is 5. The van der Waals surface area contributed by atoms with E-state index >= 15 is 0 Å². The van der Waals surface area contributed by atoms with Crippen molar-refractivity contribution in [2.75, 3.05) is 0 Å². The number of benzene rings is 1. The fraction of sp³-hybridized carbons (Fsp3) is 0.571. The third-order valence-corrected chi connectivity index (χ3v) is 2.97. The zero-order chi connectivity index (χ0) is 11.4. The van der Waals surface area contributed by atoms with Gasteiger partial charge in [0, 0.05) is 12.6 Å². The van der Waals surface area contributed by atoms with Crippen LogP contribution < -0.4 is 10.1 Å². The first-order valence-corrected chi connectivity index (χ1v) is 6.23. The summed E-state index contributed by atoms with van der Waals surface area (Å²) in [7, 11) is 0. The van der Waals surface area contributed by atoms with Crippen molar-refractivity contribution in [2.45, 2.75) is 51.8 Å². The average molecular weight is 219 g/mol. The Morgan fingerprint density at radius 1 is 1.38 bits per heavy atom. The molecule has 0 radical (unpaired) electrons. The maximum Gasteiger partial charge on any atom is 0.120 e. The molecule has 2 heteroatoms. The van der Waals surface area contributed by atoms with Gasteiger partial charge in [0.1, 0.15) is 5.75 Å². The van der Waals surface area contributed by atoms with Gasteiger partial charge < -0.3 is 10.1 Å². The van der Waals surface area contributed by atoms with Crippen molar-refractivity contribution in [2.24, 2.45) is 0 Å². The van der Waals surface area contributed by atoms with Crippen molar-refractivity contribution in [3.05, 3.63) is 29.8 Å². The quantitative estimate of drug-likeness (QED) is 0.821. The molecule has 2 rings (SSSR count). The van der Waals surface area contributed by atoms with E-state index in [4.69, 9.17) is 4.74 Å². The van der Waals surface area contributed by atoms with Crippen molar-refractivity contribution >= 4 is 0 Å². The molecule has 0 bridgehead atoms. The minimum Gasteiger partial charge on any atom is -0.491 e. The molecule has 0 unspecified atom stereocenters. The Bertz CT molecular complexity index is 331. The standard InChI is InChI=1S/C14H21NO/c1-11(2)16-14-8-3-5-12(9-14)10-15-13-6-4-7-13/h3,5,8-9,11,13,15H,4,6-7,10H2,1-2H3. The van der Waals surface area contributed by atoms with Gasteiger partial charge in [-0.2, -0.15) is 0 Å². The van der Waals surface area contributed by atoms with Gasteiger partial charge >= 0.3 is 0 Å². The van der Waals surface area contributed by atoms with E-state index < -0.39 is 0 Å². The van der Waals surface area contributed by atoms with Crippen LogP contribution in [0, 0.1) is 0 Å². The molecule has 0 spiro atoms. The predicted molar refractivity (Wildman–Crippen MR) is 66.7 cm³/mol. The van der Waals surface area contributed by atoms with Gasteiger partial charge in [0.05, 0.1) is 6.10 Å². The number of ether oxygens (including phenoxy) is 1. The Morgan fingerprint density at radius 3 is 2.81 bits per heavy atom. The molecule has 0 saturated heterocycles. The van der Waals surface area contributed by atoms with Gasteiger partial charge in [0.25, 0.3) is 0 Å². The fourth-order valence-corrected chi connectivity index (χ4v) is 1.88. The van der Waals surface area contributed by atoms with Crippen molar-refractivity contribution in [1.29, 1.82) is 0 Å². The van der Waals surface area contributed by atoms with E-state index in [9.17, 15) is 0 Å². The summed E-state index contributed by atoms with van der Waals surface area (Å²) in [5.41, 5.74) is 1.31. The first kappa shape index (κ1) is 11.5. The maximum atomic E-state index is 5.67. The zero-order valence-electron chi connectivity index (χ0n) is 10.2. The van der Waals surface area contributed by atoms with Crippen LogP contribution in [-0.4, -0.2) is 12.1 Å². The predicted octanol–water partition coefficient (Wildman–Crippen LogP) is 3.12. The molecule has 0 aliphatic heterocycles. The third-order valence-electron chi connectivity index (χ3n) is 2.97. The first-order valence-electron chi connectivity index (χ1n) is 6.23. The van der Waals surface area contributed by atoms with Crippen LogP contribution in [0.4, 0.5) is 0 Å². The first-order chi connectivity index (χ1) is 7.74. The lowest BCUT2D eigenvalue weighted by Crippen LogP contribution is -2.34. The minimum atomic E-state index is 0.245. The summed E-state index contributed by atoms with van der Waals surface area (Å²) < 4.78 is 5.67.